The van der Waals surface area contributed by atoms with Gasteiger partial charge in [0.05, 0.1) is 27.4 Å². The second-order valence-corrected chi connectivity index (χ2v) is 7.74. The summed E-state index contributed by atoms with van der Waals surface area (Å²) in [4.78, 5) is 30.0. The van der Waals surface area contributed by atoms with Gasteiger partial charge in [0.1, 0.15) is 0 Å². The molecule has 0 radical (unpaired) electrons. The third-order valence-electron chi connectivity index (χ3n) is 4.55. The van der Waals surface area contributed by atoms with Crippen molar-refractivity contribution in [1.29, 1.82) is 0 Å². The fraction of sp³-hybridized carbons (Fsp3) is 0.286. The van der Waals surface area contributed by atoms with Crippen LogP contribution in [0.3, 0.4) is 0 Å². The second kappa shape index (κ2) is 9.36. The largest absolute Gasteiger partial charge is 0.417 e. The number of hydrogen-bond donors (Lipinski definition) is 2. The van der Waals surface area contributed by atoms with Gasteiger partial charge in [-0.3, -0.25) is 9.59 Å². The number of rotatable bonds is 8. The van der Waals surface area contributed by atoms with Gasteiger partial charge in [0.2, 0.25) is 5.78 Å². The normalized spacial score (nSPS) is 12.7. The van der Waals surface area contributed by atoms with E-state index in [1.165, 1.54) is 23.5 Å². The number of unbranched alkanes of at least 4 members (excludes halogenated alkanes) is 1. The number of aromatic nitrogens is 1. The number of para-hydroxylation sites is 1. The summed E-state index contributed by atoms with van der Waals surface area (Å²) >= 11 is 1.19. The third-order valence-corrected chi connectivity index (χ3v) is 5.60. The number of amides is 1. The van der Waals surface area contributed by atoms with Crippen molar-refractivity contribution in [2.75, 3.05) is 6.54 Å². The molecular formula is C21H20F3N3O2S. The van der Waals surface area contributed by atoms with Crippen molar-refractivity contribution < 1.29 is 22.8 Å². The quantitative estimate of drug-likeness (QED) is 0.405. The lowest BCUT2D eigenvalue weighted by Crippen LogP contribution is -2.41. The summed E-state index contributed by atoms with van der Waals surface area (Å²) in [6.07, 6.45) is -3.26. The summed E-state index contributed by atoms with van der Waals surface area (Å²) < 4.78 is 40.6. The number of thiazole rings is 1. The summed E-state index contributed by atoms with van der Waals surface area (Å²) in [6, 6.07) is 10.7. The molecule has 0 aliphatic carbocycles. The van der Waals surface area contributed by atoms with Crippen LogP contribution in [0.4, 0.5) is 13.2 Å². The molecule has 0 aliphatic heterocycles. The van der Waals surface area contributed by atoms with Crippen LogP contribution in [0, 0.1) is 0 Å². The topological polar surface area (TPSA) is 85.1 Å². The van der Waals surface area contributed by atoms with E-state index >= 15 is 0 Å². The minimum absolute atomic E-state index is 0.207. The highest BCUT2D eigenvalue weighted by Crippen LogP contribution is 2.32. The number of halogens is 3. The zero-order valence-electron chi connectivity index (χ0n) is 15.9. The molecule has 3 N–H and O–H groups in total. The number of nitrogens with zero attached hydrogens (tertiary/aromatic N) is 1. The van der Waals surface area contributed by atoms with Crippen LogP contribution >= 0.6 is 11.3 Å². The van der Waals surface area contributed by atoms with Crippen LogP contribution in [0.1, 0.15) is 45.0 Å². The molecule has 0 bridgehead atoms. The first kappa shape index (κ1) is 21.9. The summed E-state index contributed by atoms with van der Waals surface area (Å²) in [6.45, 7) is 0.410. The predicted octanol–water partition coefficient (Wildman–Crippen LogP) is 4.43. The molecule has 3 rings (SSSR count). The Balaban J connectivity index is 1.87. The summed E-state index contributed by atoms with van der Waals surface area (Å²) in [7, 11) is 0. The van der Waals surface area contributed by atoms with Crippen molar-refractivity contribution in [3.8, 4) is 0 Å². The van der Waals surface area contributed by atoms with E-state index in [2.05, 4.69) is 10.3 Å². The van der Waals surface area contributed by atoms with Crippen LogP contribution in [-0.2, 0) is 6.18 Å². The fourth-order valence-corrected chi connectivity index (χ4v) is 4.01. The Labute approximate surface area is 175 Å². The van der Waals surface area contributed by atoms with Crippen LogP contribution < -0.4 is 11.1 Å². The number of carbonyl (C=O) groups is 2. The van der Waals surface area contributed by atoms with E-state index in [0.717, 1.165) is 16.8 Å². The number of nitrogens with one attached hydrogen (secondary N) is 1. The average Bonchev–Trinajstić information content (AvgIpc) is 3.16. The van der Waals surface area contributed by atoms with E-state index in [1.807, 2.05) is 12.1 Å². The summed E-state index contributed by atoms with van der Waals surface area (Å²) in [5, 5.41) is 2.69. The molecule has 3 aromatic rings. The molecule has 0 saturated heterocycles. The number of hydrogen-bond acceptors (Lipinski definition) is 5. The molecule has 30 heavy (non-hydrogen) atoms. The van der Waals surface area contributed by atoms with Crippen LogP contribution in [-0.4, -0.2) is 29.3 Å². The van der Waals surface area contributed by atoms with Crippen LogP contribution in [0.5, 0.6) is 0 Å². The minimum atomic E-state index is -4.68. The van der Waals surface area contributed by atoms with Crippen LogP contribution in [0.25, 0.3) is 10.2 Å². The molecule has 158 valence electrons. The van der Waals surface area contributed by atoms with E-state index in [4.69, 9.17) is 5.73 Å². The number of fused-ring (bicyclic) bond motifs is 1. The Bertz CT molecular complexity index is 1020. The molecule has 1 atom stereocenters. The lowest BCUT2D eigenvalue weighted by Gasteiger charge is -2.18. The van der Waals surface area contributed by atoms with E-state index in [9.17, 15) is 22.8 Å². The predicted molar refractivity (Wildman–Crippen MR) is 110 cm³/mol. The number of benzene rings is 2. The molecule has 9 heteroatoms. The second-order valence-electron chi connectivity index (χ2n) is 6.70. The highest BCUT2D eigenvalue weighted by atomic mass is 32.1. The van der Waals surface area contributed by atoms with Crippen molar-refractivity contribution >= 4 is 33.2 Å². The minimum Gasteiger partial charge on any atom is -0.342 e. The molecule has 5 nitrogen and oxygen atoms in total. The van der Waals surface area contributed by atoms with Crippen molar-refractivity contribution in [2.24, 2.45) is 5.73 Å². The van der Waals surface area contributed by atoms with Gasteiger partial charge in [0, 0.05) is 0 Å². The van der Waals surface area contributed by atoms with Crippen LogP contribution in [0.15, 0.2) is 48.5 Å². The van der Waals surface area contributed by atoms with E-state index < -0.39 is 35.0 Å². The zero-order chi connectivity index (χ0) is 21.7. The molecule has 0 saturated carbocycles. The molecule has 0 spiro atoms. The number of carbonyl (C=O) groups excluding carboxylic acids is 2. The van der Waals surface area contributed by atoms with Gasteiger partial charge >= 0.3 is 6.18 Å². The number of nitrogens with two attached hydrogens (primary N) is 1. The first-order valence-electron chi connectivity index (χ1n) is 9.38. The summed E-state index contributed by atoms with van der Waals surface area (Å²) in [5.74, 6) is -1.37. The fourth-order valence-electron chi connectivity index (χ4n) is 3.05. The molecule has 1 aromatic heterocycles. The van der Waals surface area contributed by atoms with E-state index in [0.29, 0.717) is 24.9 Å². The number of alkyl halides is 3. The van der Waals surface area contributed by atoms with Crippen molar-refractivity contribution in [1.82, 2.24) is 10.3 Å². The molecule has 2 aromatic carbocycles. The number of ketones is 1. The van der Waals surface area contributed by atoms with Gasteiger partial charge < -0.3 is 11.1 Å². The first-order valence-corrected chi connectivity index (χ1v) is 10.2. The van der Waals surface area contributed by atoms with Gasteiger partial charge in [-0.25, -0.2) is 4.98 Å². The summed E-state index contributed by atoms with van der Waals surface area (Å²) in [5.41, 5.74) is 4.59. The SMILES string of the molecule is NCCCCC(NC(=O)c1ccccc1C(F)(F)F)C(=O)c1nc2ccccc2s1. The smallest absolute Gasteiger partial charge is 0.342 e. The standard InChI is InChI=1S/C21H20F3N3O2S/c22-21(23,24)14-8-2-1-7-13(14)19(29)26-16(10-5-6-12-25)18(28)20-27-15-9-3-4-11-17(15)30-20/h1-4,7-9,11,16H,5-6,10,12,25H2,(H,26,29). The van der Waals surface area contributed by atoms with Gasteiger partial charge in [0.15, 0.2) is 5.01 Å². The molecule has 0 fully saturated rings. The Morgan fingerprint density at radius 3 is 2.47 bits per heavy atom. The Kier molecular flexibility index (Phi) is 6.84. The van der Waals surface area contributed by atoms with Crippen LogP contribution in [0.2, 0.25) is 0 Å². The van der Waals surface area contributed by atoms with Gasteiger partial charge in [-0.2, -0.15) is 13.2 Å². The molecule has 1 heterocycles. The maximum absolute atomic E-state index is 13.3. The van der Waals surface area contributed by atoms with E-state index in [1.54, 1.807) is 12.1 Å². The molecule has 1 unspecified atom stereocenters. The third kappa shape index (κ3) is 5.03. The maximum atomic E-state index is 13.3. The molecular weight excluding hydrogens is 415 g/mol. The monoisotopic (exact) mass is 435 g/mol. The van der Waals surface area contributed by atoms with E-state index in [-0.39, 0.29) is 11.4 Å². The van der Waals surface area contributed by atoms with Crippen molar-refractivity contribution in [3.63, 3.8) is 0 Å². The van der Waals surface area contributed by atoms with Gasteiger partial charge in [-0.05, 0) is 50.1 Å². The lowest BCUT2D eigenvalue weighted by atomic mass is 10.0. The zero-order valence-corrected chi connectivity index (χ0v) is 16.7. The highest BCUT2D eigenvalue weighted by Gasteiger charge is 2.35. The Morgan fingerprint density at radius 2 is 1.77 bits per heavy atom. The molecule has 1 amide bonds. The van der Waals surface area contributed by atoms with Crippen molar-refractivity contribution in [2.45, 2.75) is 31.5 Å². The maximum Gasteiger partial charge on any atom is 0.417 e. The Hall–Kier alpha value is -2.78. The van der Waals surface area contributed by atoms with Gasteiger partial charge in [-0.15, -0.1) is 11.3 Å². The lowest BCUT2D eigenvalue weighted by molar-refractivity contribution is -0.137. The van der Waals surface area contributed by atoms with Gasteiger partial charge in [0.25, 0.3) is 5.91 Å². The highest BCUT2D eigenvalue weighted by molar-refractivity contribution is 7.20. The number of Topliss-reactive ketones (excluding diaryl/α,β-unsaturated/α-hetero) is 1. The first-order chi connectivity index (χ1) is 14.3. The Morgan fingerprint density at radius 1 is 1.07 bits per heavy atom. The molecule has 0 aliphatic rings. The van der Waals surface area contributed by atoms with Gasteiger partial charge in [-0.1, -0.05) is 24.3 Å². The van der Waals surface area contributed by atoms with Crippen molar-refractivity contribution in [3.05, 3.63) is 64.7 Å². The average molecular weight is 435 g/mol.